The molecule has 0 aliphatic carbocycles. The van der Waals surface area contributed by atoms with Gasteiger partial charge in [0.25, 0.3) is 0 Å². The maximum absolute atomic E-state index is 12.0. The monoisotopic (exact) mass is 440 g/mol. The zero-order valence-corrected chi connectivity index (χ0v) is 18.8. The molecule has 9 nitrogen and oxygen atoms in total. The van der Waals surface area contributed by atoms with Gasteiger partial charge in [0, 0.05) is 18.3 Å². The summed E-state index contributed by atoms with van der Waals surface area (Å²) in [5.74, 6) is 2.07. The summed E-state index contributed by atoms with van der Waals surface area (Å²) in [5.41, 5.74) is 1.27. The van der Waals surface area contributed by atoms with Crippen molar-refractivity contribution in [1.82, 2.24) is 14.9 Å². The van der Waals surface area contributed by atoms with Crippen LogP contribution in [-0.4, -0.2) is 61.4 Å². The van der Waals surface area contributed by atoms with Crippen molar-refractivity contribution in [1.29, 1.82) is 0 Å². The maximum Gasteiger partial charge on any atom is 0.411 e. The van der Waals surface area contributed by atoms with Crippen LogP contribution in [0.2, 0.25) is 0 Å². The predicted molar refractivity (Wildman–Crippen MR) is 122 cm³/mol. The van der Waals surface area contributed by atoms with E-state index in [1.54, 1.807) is 50.6 Å². The summed E-state index contributed by atoms with van der Waals surface area (Å²) >= 11 is 0. The molecule has 1 amide bonds. The smallest absolute Gasteiger partial charge is 0.411 e. The standard InChI is InChI=1S/C23H28N4O5/c1-5-27(6-2)11-12-31-23(28)26-16-7-9-17(10-8-16)32-22-18-13-20(29-3)21(30-4)14-19(18)24-15-25-22/h7-10,13-15H,5-6,11-12H2,1-4H3,(H,26,28). The van der Waals surface area contributed by atoms with E-state index in [0.29, 0.717) is 52.9 Å². The molecular formula is C23H28N4O5. The fourth-order valence-corrected chi connectivity index (χ4v) is 3.12. The van der Waals surface area contributed by atoms with Crippen LogP contribution in [0.1, 0.15) is 13.8 Å². The third kappa shape index (κ3) is 5.76. The van der Waals surface area contributed by atoms with Crippen LogP contribution in [0, 0.1) is 0 Å². The van der Waals surface area contributed by atoms with Crippen LogP contribution in [0.3, 0.4) is 0 Å². The third-order valence-corrected chi connectivity index (χ3v) is 4.95. The number of likely N-dealkylation sites (N-methyl/N-ethyl adjacent to an activating group) is 1. The Kier molecular flexibility index (Phi) is 8.04. The highest BCUT2D eigenvalue weighted by Crippen LogP contribution is 2.35. The van der Waals surface area contributed by atoms with Crippen molar-refractivity contribution in [2.75, 3.05) is 45.8 Å². The quantitative estimate of drug-likeness (QED) is 0.498. The molecule has 0 aliphatic rings. The van der Waals surface area contributed by atoms with Crippen molar-refractivity contribution in [2.45, 2.75) is 13.8 Å². The molecule has 0 bridgehead atoms. The van der Waals surface area contributed by atoms with Crippen molar-refractivity contribution in [3.63, 3.8) is 0 Å². The molecule has 0 spiro atoms. The first-order valence-corrected chi connectivity index (χ1v) is 10.4. The SMILES string of the molecule is CCN(CC)CCOC(=O)Nc1ccc(Oc2ncnc3cc(OC)c(OC)cc23)cc1. The first kappa shape index (κ1) is 23.1. The van der Waals surface area contributed by atoms with Crippen molar-refractivity contribution in [2.24, 2.45) is 0 Å². The molecule has 1 N–H and O–H groups in total. The van der Waals surface area contributed by atoms with Crippen LogP contribution < -0.4 is 19.5 Å². The molecule has 1 aromatic heterocycles. The zero-order chi connectivity index (χ0) is 22.9. The molecule has 0 saturated heterocycles. The van der Waals surface area contributed by atoms with E-state index in [0.717, 1.165) is 13.1 Å². The minimum absolute atomic E-state index is 0.337. The number of anilines is 1. The third-order valence-electron chi connectivity index (χ3n) is 4.95. The Bertz CT molecular complexity index is 1040. The molecule has 0 fully saturated rings. The van der Waals surface area contributed by atoms with E-state index >= 15 is 0 Å². The van der Waals surface area contributed by atoms with Gasteiger partial charge in [0.1, 0.15) is 18.7 Å². The van der Waals surface area contributed by atoms with Gasteiger partial charge in [-0.25, -0.2) is 14.8 Å². The van der Waals surface area contributed by atoms with Crippen molar-refractivity contribution < 1.29 is 23.7 Å². The molecule has 0 aliphatic heterocycles. The highest BCUT2D eigenvalue weighted by molar-refractivity contribution is 5.87. The van der Waals surface area contributed by atoms with E-state index in [-0.39, 0.29) is 0 Å². The van der Waals surface area contributed by atoms with E-state index in [1.165, 1.54) is 6.33 Å². The van der Waals surface area contributed by atoms with Crippen molar-refractivity contribution in [3.05, 3.63) is 42.7 Å². The van der Waals surface area contributed by atoms with Crippen LogP contribution in [-0.2, 0) is 4.74 Å². The summed E-state index contributed by atoms with van der Waals surface area (Å²) < 4.78 is 21.9. The lowest BCUT2D eigenvalue weighted by molar-refractivity contribution is 0.142. The molecule has 9 heteroatoms. The minimum atomic E-state index is -0.492. The first-order chi connectivity index (χ1) is 15.6. The molecular weight excluding hydrogens is 412 g/mol. The molecule has 2 aromatic carbocycles. The summed E-state index contributed by atoms with van der Waals surface area (Å²) in [6.07, 6.45) is 0.932. The van der Waals surface area contributed by atoms with Gasteiger partial charge in [-0.1, -0.05) is 13.8 Å². The Balaban J connectivity index is 1.64. The van der Waals surface area contributed by atoms with Gasteiger partial charge < -0.3 is 23.8 Å². The van der Waals surface area contributed by atoms with Crippen LogP contribution in [0.5, 0.6) is 23.1 Å². The van der Waals surface area contributed by atoms with Gasteiger partial charge in [-0.2, -0.15) is 0 Å². The number of benzene rings is 2. The topological polar surface area (TPSA) is 95.0 Å². The number of rotatable bonds is 10. The summed E-state index contributed by atoms with van der Waals surface area (Å²) in [7, 11) is 3.13. The molecule has 0 radical (unpaired) electrons. The van der Waals surface area contributed by atoms with Crippen LogP contribution in [0.4, 0.5) is 10.5 Å². The lowest BCUT2D eigenvalue weighted by Gasteiger charge is -2.17. The number of hydrogen-bond donors (Lipinski definition) is 1. The average Bonchev–Trinajstić information content (AvgIpc) is 2.82. The van der Waals surface area contributed by atoms with Crippen LogP contribution in [0.25, 0.3) is 10.9 Å². The first-order valence-electron chi connectivity index (χ1n) is 10.4. The second-order valence-electron chi connectivity index (χ2n) is 6.82. The molecule has 0 unspecified atom stereocenters. The highest BCUT2D eigenvalue weighted by Gasteiger charge is 2.13. The van der Waals surface area contributed by atoms with E-state index in [9.17, 15) is 4.79 Å². The van der Waals surface area contributed by atoms with Gasteiger partial charge in [0.2, 0.25) is 5.88 Å². The lowest BCUT2D eigenvalue weighted by atomic mass is 10.2. The van der Waals surface area contributed by atoms with E-state index in [4.69, 9.17) is 18.9 Å². The summed E-state index contributed by atoms with van der Waals surface area (Å²) in [5, 5.41) is 3.39. The number of ether oxygens (including phenoxy) is 4. The Morgan fingerprint density at radius 2 is 1.69 bits per heavy atom. The van der Waals surface area contributed by atoms with Gasteiger partial charge >= 0.3 is 6.09 Å². The van der Waals surface area contributed by atoms with E-state index in [1.807, 2.05) is 0 Å². The van der Waals surface area contributed by atoms with Gasteiger partial charge in [-0.3, -0.25) is 5.32 Å². The molecule has 0 saturated carbocycles. The summed E-state index contributed by atoms with van der Waals surface area (Å²) in [6.45, 7) is 7.03. The number of carbonyl (C=O) groups is 1. The number of carbonyl (C=O) groups excluding carboxylic acids is 1. The molecule has 3 aromatic rings. The van der Waals surface area contributed by atoms with Crippen LogP contribution >= 0.6 is 0 Å². The highest BCUT2D eigenvalue weighted by atomic mass is 16.5. The summed E-state index contributed by atoms with van der Waals surface area (Å²) in [4.78, 5) is 22.7. The number of fused-ring (bicyclic) bond motifs is 1. The normalized spacial score (nSPS) is 10.8. The van der Waals surface area contributed by atoms with Crippen molar-refractivity contribution >= 4 is 22.7 Å². The fourth-order valence-electron chi connectivity index (χ4n) is 3.12. The van der Waals surface area contributed by atoms with Gasteiger partial charge in [0.05, 0.1) is 25.1 Å². The predicted octanol–water partition coefficient (Wildman–Crippen LogP) is 4.33. The van der Waals surface area contributed by atoms with E-state index in [2.05, 4.69) is 34.0 Å². The molecule has 1 heterocycles. The number of aromatic nitrogens is 2. The zero-order valence-electron chi connectivity index (χ0n) is 18.8. The Morgan fingerprint density at radius 3 is 2.34 bits per heavy atom. The molecule has 3 rings (SSSR count). The van der Waals surface area contributed by atoms with Gasteiger partial charge in [-0.05, 0) is 43.4 Å². The second kappa shape index (κ2) is 11.1. The Hall–Kier alpha value is -3.59. The number of hydrogen-bond acceptors (Lipinski definition) is 8. The average molecular weight is 441 g/mol. The number of nitrogens with zero attached hydrogens (tertiary/aromatic N) is 3. The molecule has 0 atom stereocenters. The summed E-state index contributed by atoms with van der Waals surface area (Å²) in [6, 6.07) is 10.5. The molecule has 170 valence electrons. The minimum Gasteiger partial charge on any atom is -0.493 e. The largest absolute Gasteiger partial charge is 0.493 e. The van der Waals surface area contributed by atoms with Gasteiger partial charge in [0.15, 0.2) is 11.5 Å². The number of nitrogens with one attached hydrogen (secondary N) is 1. The molecule has 32 heavy (non-hydrogen) atoms. The second-order valence-corrected chi connectivity index (χ2v) is 6.82. The lowest BCUT2D eigenvalue weighted by Crippen LogP contribution is -2.28. The van der Waals surface area contributed by atoms with Gasteiger partial charge in [-0.15, -0.1) is 0 Å². The maximum atomic E-state index is 12.0. The van der Waals surface area contributed by atoms with Crippen LogP contribution in [0.15, 0.2) is 42.7 Å². The Morgan fingerprint density at radius 1 is 1.00 bits per heavy atom. The van der Waals surface area contributed by atoms with Crippen molar-refractivity contribution in [3.8, 4) is 23.1 Å². The number of methoxy groups -OCH3 is 2. The fraction of sp³-hybridized carbons (Fsp3) is 0.348. The van der Waals surface area contributed by atoms with E-state index < -0.39 is 6.09 Å². The number of amides is 1. The Labute approximate surface area is 187 Å².